The number of ether oxygens (including phenoxy) is 1. The second-order valence-corrected chi connectivity index (χ2v) is 3.63. The van der Waals surface area contributed by atoms with Gasteiger partial charge in [-0.25, -0.2) is 0 Å². The standard InChI is InChI=1S/C12H14N2O2/c1-9(15)16-8-7-14-6-5-10-11(13)3-2-4-12(10)14/h2-6H,7-8,13H2,1H3. The molecule has 1 aromatic carbocycles. The van der Waals surface area contributed by atoms with Gasteiger partial charge in [0.1, 0.15) is 6.61 Å². The zero-order valence-corrected chi connectivity index (χ0v) is 9.14. The van der Waals surface area contributed by atoms with Gasteiger partial charge < -0.3 is 15.0 Å². The molecule has 1 heterocycles. The molecule has 16 heavy (non-hydrogen) atoms. The number of hydrogen-bond acceptors (Lipinski definition) is 3. The van der Waals surface area contributed by atoms with Crippen molar-refractivity contribution in [3.05, 3.63) is 30.5 Å². The zero-order valence-electron chi connectivity index (χ0n) is 9.14. The summed E-state index contributed by atoms with van der Waals surface area (Å²) in [6, 6.07) is 7.76. The van der Waals surface area contributed by atoms with E-state index in [9.17, 15) is 4.79 Å². The fourth-order valence-corrected chi connectivity index (χ4v) is 1.73. The summed E-state index contributed by atoms with van der Waals surface area (Å²) in [7, 11) is 0. The molecule has 0 unspecified atom stereocenters. The summed E-state index contributed by atoms with van der Waals surface area (Å²) < 4.78 is 6.93. The third kappa shape index (κ3) is 2.00. The number of carbonyl (C=O) groups is 1. The first kappa shape index (κ1) is 10.5. The Morgan fingerprint density at radius 3 is 3.00 bits per heavy atom. The van der Waals surface area contributed by atoms with Crippen LogP contribution in [-0.2, 0) is 16.1 Å². The lowest BCUT2D eigenvalue weighted by Crippen LogP contribution is -2.07. The van der Waals surface area contributed by atoms with Crippen molar-refractivity contribution >= 4 is 22.6 Å². The highest BCUT2D eigenvalue weighted by Crippen LogP contribution is 2.21. The molecule has 0 aliphatic rings. The Kier molecular flexibility index (Phi) is 2.81. The number of aromatic nitrogens is 1. The Morgan fingerprint density at radius 1 is 1.44 bits per heavy atom. The fraction of sp³-hybridized carbons (Fsp3) is 0.250. The molecule has 0 aliphatic heterocycles. The fourth-order valence-electron chi connectivity index (χ4n) is 1.73. The lowest BCUT2D eigenvalue weighted by Gasteiger charge is -2.05. The summed E-state index contributed by atoms with van der Waals surface area (Å²) >= 11 is 0. The van der Waals surface area contributed by atoms with E-state index in [0.29, 0.717) is 13.2 Å². The van der Waals surface area contributed by atoms with Crippen molar-refractivity contribution in [3.8, 4) is 0 Å². The molecule has 0 fully saturated rings. The molecule has 84 valence electrons. The van der Waals surface area contributed by atoms with Gasteiger partial charge in [-0.15, -0.1) is 0 Å². The lowest BCUT2D eigenvalue weighted by molar-refractivity contribution is -0.141. The molecule has 0 radical (unpaired) electrons. The van der Waals surface area contributed by atoms with Gasteiger partial charge in [-0.3, -0.25) is 4.79 Å². The van der Waals surface area contributed by atoms with Crippen LogP contribution in [0.25, 0.3) is 10.9 Å². The minimum absolute atomic E-state index is 0.254. The molecule has 2 N–H and O–H groups in total. The molecule has 0 bridgehead atoms. The summed E-state index contributed by atoms with van der Waals surface area (Å²) in [5, 5.41) is 1.03. The van der Waals surface area contributed by atoms with Gasteiger partial charge in [0.05, 0.1) is 12.1 Å². The van der Waals surface area contributed by atoms with Gasteiger partial charge in [0.15, 0.2) is 0 Å². The van der Waals surface area contributed by atoms with E-state index in [1.165, 1.54) is 6.92 Å². The second-order valence-electron chi connectivity index (χ2n) is 3.63. The first-order valence-corrected chi connectivity index (χ1v) is 5.15. The summed E-state index contributed by atoms with van der Waals surface area (Å²) in [6.07, 6.45) is 1.95. The summed E-state index contributed by atoms with van der Waals surface area (Å²) in [6.45, 7) is 2.44. The van der Waals surface area contributed by atoms with Crippen molar-refractivity contribution in [1.29, 1.82) is 0 Å². The van der Waals surface area contributed by atoms with Crippen LogP contribution in [-0.4, -0.2) is 17.1 Å². The van der Waals surface area contributed by atoms with Crippen LogP contribution in [0.15, 0.2) is 30.5 Å². The molecule has 4 nitrogen and oxygen atoms in total. The maximum absolute atomic E-state index is 10.6. The van der Waals surface area contributed by atoms with E-state index in [1.807, 2.05) is 35.0 Å². The molecule has 0 spiro atoms. The van der Waals surface area contributed by atoms with Crippen LogP contribution in [0.4, 0.5) is 5.69 Å². The molecule has 4 heteroatoms. The van der Waals surface area contributed by atoms with E-state index in [2.05, 4.69) is 0 Å². The van der Waals surface area contributed by atoms with E-state index in [1.54, 1.807) is 0 Å². The first-order valence-electron chi connectivity index (χ1n) is 5.15. The van der Waals surface area contributed by atoms with E-state index in [-0.39, 0.29) is 5.97 Å². The SMILES string of the molecule is CC(=O)OCCn1ccc2c(N)cccc21. The molecule has 0 atom stereocenters. The lowest BCUT2D eigenvalue weighted by atomic mass is 10.2. The van der Waals surface area contributed by atoms with Gasteiger partial charge in [-0.1, -0.05) is 6.07 Å². The molecular formula is C12H14N2O2. The first-order chi connectivity index (χ1) is 7.68. The Morgan fingerprint density at radius 2 is 2.25 bits per heavy atom. The molecule has 0 saturated heterocycles. The number of esters is 1. The molecule has 0 aliphatic carbocycles. The van der Waals surface area contributed by atoms with Gasteiger partial charge in [-0.05, 0) is 18.2 Å². The minimum Gasteiger partial charge on any atom is -0.464 e. The second kappa shape index (κ2) is 4.26. The number of hydrogen-bond donors (Lipinski definition) is 1. The molecular weight excluding hydrogens is 204 g/mol. The summed E-state index contributed by atoms with van der Waals surface area (Å²) in [4.78, 5) is 10.6. The predicted molar refractivity (Wildman–Crippen MR) is 63.0 cm³/mol. The third-order valence-corrected chi connectivity index (χ3v) is 2.48. The van der Waals surface area contributed by atoms with Crippen LogP contribution in [0.2, 0.25) is 0 Å². The van der Waals surface area contributed by atoms with Crippen molar-refractivity contribution in [2.75, 3.05) is 12.3 Å². The predicted octanol–water partition coefficient (Wildman–Crippen LogP) is 1.79. The van der Waals surface area contributed by atoms with E-state index >= 15 is 0 Å². The van der Waals surface area contributed by atoms with Gasteiger partial charge in [0.25, 0.3) is 0 Å². The summed E-state index contributed by atoms with van der Waals surface area (Å²) in [5.41, 5.74) is 7.68. The molecule has 2 rings (SSSR count). The average molecular weight is 218 g/mol. The molecule has 2 aromatic rings. The van der Waals surface area contributed by atoms with Crippen molar-refractivity contribution < 1.29 is 9.53 Å². The van der Waals surface area contributed by atoms with Crippen molar-refractivity contribution in [2.24, 2.45) is 0 Å². The van der Waals surface area contributed by atoms with Crippen LogP contribution in [0.3, 0.4) is 0 Å². The van der Waals surface area contributed by atoms with Crippen LogP contribution in [0.5, 0.6) is 0 Å². The normalized spacial score (nSPS) is 10.6. The van der Waals surface area contributed by atoms with Crippen LogP contribution in [0, 0.1) is 0 Å². The Bertz CT molecular complexity index is 517. The number of rotatable bonds is 3. The van der Waals surface area contributed by atoms with Crippen molar-refractivity contribution in [2.45, 2.75) is 13.5 Å². The van der Waals surface area contributed by atoms with Crippen molar-refractivity contribution in [1.82, 2.24) is 4.57 Å². The van der Waals surface area contributed by atoms with E-state index in [4.69, 9.17) is 10.5 Å². The summed E-state index contributed by atoms with van der Waals surface area (Å²) in [5.74, 6) is -0.254. The smallest absolute Gasteiger partial charge is 0.302 e. The van der Waals surface area contributed by atoms with Gasteiger partial charge in [-0.2, -0.15) is 0 Å². The number of benzene rings is 1. The van der Waals surface area contributed by atoms with Crippen LogP contribution < -0.4 is 5.73 Å². The number of fused-ring (bicyclic) bond motifs is 1. The number of nitrogens with zero attached hydrogens (tertiary/aromatic N) is 1. The molecule has 0 saturated carbocycles. The zero-order chi connectivity index (χ0) is 11.5. The highest BCUT2D eigenvalue weighted by atomic mass is 16.5. The van der Waals surface area contributed by atoms with E-state index < -0.39 is 0 Å². The monoisotopic (exact) mass is 218 g/mol. The number of carbonyl (C=O) groups excluding carboxylic acids is 1. The highest BCUT2D eigenvalue weighted by Gasteiger charge is 2.03. The Labute approximate surface area is 93.6 Å². The van der Waals surface area contributed by atoms with E-state index in [0.717, 1.165) is 16.6 Å². The molecule has 0 amide bonds. The average Bonchev–Trinajstić information content (AvgIpc) is 2.63. The highest BCUT2D eigenvalue weighted by molar-refractivity contribution is 5.91. The third-order valence-electron chi connectivity index (χ3n) is 2.48. The largest absolute Gasteiger partial charge is 0.464 e. The Balaban J connectivity index is 2.19. The topological polar surface area (TPSA) is 57.2 Å². The quantitative estimate of drug-likeness (QED) is 0.631. The van der Waals surface area contributed by atoms with Crippen LogP contribution >= 0.6 is 0 Å². The number of nitrogen functional groups attached to an aromatic ring is 1. The van der Waals surface area contributed by atoms with Crippen LogP contribution in [0.1, 0.15) is 6.92 Å². The van der Waals surface area contributed by atoms with Gasteiger partial charge >= 0.3 is 5.97 Å². The minimum atomic E-state index is -0.254. The maximum atomic E-state index is 10.6. The number of anilines is 1. The number of nitrogens with two attached hydrogens (primary N) is 1. The Hall–Kier alpha value is -1.97. The van der Waals surface area contributed by atoms with Crippen molar-refractivity contribution in [3.63, 3.8) is 0 Å². The van der Waals surface area contributed by atoms with Gasteiger partial charge in [0.2, 0.25) is 0 Å². The van der Waals surface area contributed by atoms with Gasteiger partial charge in [0, 0.05) is 24.2 Å². The molecule has 1 aromatic heterocycles. The maximum Gasteiger partial charge on any atom is 0.302 e.